The quantitative estimate of drug-likeness (QED) is 0.644. The molecule has 10 heteroatoms. The Morgan fingerprint density at radius 1 is 1.21 bits per heavy atom. The molecule has 1 aliphatic rings. The number of nitrogens with zero attached hydrogens (tertiary/aromatic N) is 3. The number of carbonyl (C=O) groups excluding carboxylic acids is 4. The number of benzene rings is 1. The summed E-state index contributed by atoms with van der Waals surface area (Å²) in [6.07, 6.45) is 3.31. The molecule has 2 heterocycles. The van der Waals surface area contributed by atoms with Crippen molar-refractivity contribution in [3.63, 3.8) is 0 Å². The van der Waals surface area contributed by atoms with Crippen LogP contribution in [0.5, 0.6) is 0 Å². The van der Waals surface area contributed by atoms with Crippen molar-refractivity contribution in [3.8, 4) is 0 Å². The highest BCUT2D eigenvalue weighted by atomic mass is 19.1. The van der Waals surface area contributed by atoms with Gasteiger partial charge in [0.05, 0.1) is 13.7 Å². The molecule has 0 saturated carbocycles. The molecule has 3 amide bonds. The van der Waals surface area contributed by atoms with Gasteiger partial charge in [-0.3, -0.25) is 19.4 Å². The summed E-state index contributed by atoms with van der Waals surface area (Å²) in [6.45, 7) is 1.55. The molecule has 2 atom stereocenters. The van der Waals surface area contributed by atoms with Crippen LogP contribution in [0.25, 0.3) is 0 Å². The largest absolute Gasteiger partial charge is 0.467 e. The summed E-state index contributed by atoms with van der Waals surface area (Å²) in [7, 11) is 1.21. The van der Waals surface area contributed by atoms with Crippen LogP contribution in [-0.2, 0) is 25.5 Å². The first-order valence-corrected chi connectivity index (χ1v) is 10.4. The van der Waals surface area contributed by atoms with Gasteiger partial charge in [-0.1, -0.05) is 12.1 Å². The van der Waals surface area contributed by atoms with E-state index in [9.17, 15) is 23.6 Å². The number of amides is 3. The van der Waals surface area contributed by atoms with Crippen LogP contribution in [0.3, 0.4) is 0 Å². The lowest BCUT2D eigenvalue weighted by Gasteiger charge is -2.40. The number of hydrogen-bond acceptors (Lipinski definition) is 6. The number of pyridine rings is 1. The van der Waals surface area contributed by atoms with Gasteiger partial charge in [0, 0.05) is 44.4 Å². The SMILES string of the molecule is COC(=O)[C@@H](Cc1cccnc1)NC(=O)[C@@H]1CN(C(=O)c2cccc(F)c2)CCN1C(C)=O. The summed E-state index contributed by atoms with van der Waals surface area (Å²) in [4.78, 5) is 57.2. The van der Waals surface area contributed by atoms with Gasteiger partial charge in [0.2, 0.25) is 11.8 Å². The molecule has 0 spiro atoms. The van der Waals surface area contributed by atoms with Gasteiger partial charge in [0.25, 0.3) is 5.91 Å². The van der Waals surface area contributed by atoms with Gasteiger partial charge in [-0.25, -0.2) is 9.18 Å². The van der Waals surface area contributed by atoms with E-state index in [4.69, 9.17) is 4.74 Å². The fourth-order valence-electron chi connectivity index (χ4n) is 3.73. The zero-order valence-electron chi connectivity index (χ0n) is 18.4. The Hall–Kier alpha value is -3.82. The third kappa shape index (κ3) is 5.91. The number of hydrogen-bond donors (Lipinski definition) is 1. The van der Waals surface area contributed by atoms with Crippen molar-refractivity contribution in [2.24, 2.45) is 0 Å². The van der Waals surface area contributed by atoms with Crippen molar-refractivity contribution in [1.82, 2.24) is 20.1 Å². The van der Waals surface area contributed by atoms with E-state index in [0.29, 0.717) is 5.56 Å². The molecular weight excluding hydrogens is 431 g/mol. The first kappa shape index (κ1) is 23.8. The van der Waals surface area contributed by atoms with Crippen molar-refractivity contribution < 1.29 is 28.3 Å². The van der Waals surface area contributed by atoms with Gasteiger partial charge in [-0.2, -0.15) is 0 Å². The van der Waals surface area contributed by atoms with E-state index in [-0.39, 0.29) is 37.5 Å². The molecule has 0 unspecified atom stereocenters. The molecule has 1 aromatic carbocycles. The number of halogens is 1. The fourth-order valence-corrected chi connectivity index (χ4v) is 3.73. The Morgan fingerprint density at radius 2 is 2.00 bits per heavy atom. The van der Waals surface area contributed by atoms with Gasteiger partial charge in [-0.05, 0) is 29.8 Å². The first-order chi connectivity index (χ1) is 15.8. The number of piperazine rings is 1. The Labute approximate surface area is 190 Å². The summed E-state index contributed by atoms with van der Waals surface area (Å²) < 4.78 is 18.4. The molecule has 1 aliphatic heterocycles. The number of rotatable bonds is 6. The molecule has 33 heavy (non-hydrogen) atoms. The highest BCUT2D eigenvalue weighted by Crippen LogP contribution is 2.16. The number of aromatic nitrogens is 1. The molecule has 0 radical (unpaired) electrons. The molecule has 1 aromatic heterocycles. The van der Waals surface area contributed by atoms with Crippen molar-refractivity contribution in [3.05, 3.63) is 65.7 Å². The highest BCUT2D eigenvalue weighted by molar-refractivity contribution is 5.96. The van der Waals surface area contributed by atoms with Crippen LogP contribution in [0, 0.1) is 5.82 Å². The van der Waals surface area contributed by atoms with Gasteiger partial charge in [0.1, 0.15) is 17.9 Å². The average molecular weight is 456 g/mol. The summed E-state index contributed by atoms with van der Waals surface area (Å²) >= 11 is 0. The molecule has 1 fully saturated rings. The Balaban J connectivity index is 1.78. The van der Waals surface area contributed by atoms with Crippen molar-refractivity contribution in [1.29, 1.82) is 0 Å². The summed E-state index contributed by atoms with van der Waals surface area (Å²) in [5.74, 6) is -2.58. The molecule has 0 aliphatic carbocycles. The molecule has 3 rings (SSSR count). The standard InChI is InChI=1S/C23H25FN4O5/c1-15(29)28-10-9-27(22(31)17-6-3-7-18(24)12-17)14-20(28)21(30)26-19(23(32)33-2)11-16-5-4-8-25-13-16/h3-8,12-13,19-20H,9-11,14H2,1-2H3,(H,26,30)/t19-,20+/m1/s1. The number of methoxy groups -OCH3 is 1. The van der Waals surface area contributed by atoms with E-state index in [0.717, 1.165) is 6.07 Å². The number of esters is 1. The Bertz CT molecular complexity index is 1030. The third-order valence-electron chi connectivity index (χ3n) is 5.41. The van der Waals surface area contributed by atoms with Crippen LogP contribution < -0.4 is 5.32 Å². The zero-order chi connectivity index (χ0) is 24.0. The van der Waals surface area contributed by atoms with Gasteiger partial charge >= 0.3 is 5.97 Å². The monoisotopic (exact) mass is 456 g/mol. The molecule has 1 N–H and O–H groups in total. The number of ether oxygens (including phenoxy) is 1. The second-order valence-corrected chi connectivity index (χ2v) is 7.64. The maximum absolute atomic E-state index is 13.6. The van der Waals surface area contributed by atoms with Crippen LogP contribution in [0.2, 0.25) is 0 Å². The van der Waals surface area contributed by atoms with E-state index < -0.39 is 35.7 Å². The van der Waals surface area contributed by atoms with Gasteiger partial charge in [-0.15, -0.1) is 0 Å². The topological polar surface area (TPSA) is 109 Å². The molecule has 2 aromatic rings. The predicted octanol–water partition coefficient (Wildman–Crippen LogP) is 0.794. The lowest BCUT2D eigenvalue weighted by atomic mass is 10.1. The van der Waals surface area contributed by atoms with Crippen LogP contribution in [0.1, 0.15) is 22.8 Å². The molecule has 174 valence electrons. The summed E-state index contributed by atoms with van der Waals surface area (Å²) in [5, 5.41) is 2.65. The molecule has 1 saturated heterocycles. The minimum absolute atomic E-state index is 0.0957. The van der Waals surface area contributed by atoms with Crippen LogP contribution in [-0.4, -0.2) is 77.3 Å². The van der Waals surface area contributed by atoms with Crippen molar-refractivity contribution in [2.75, 3.05) is 26.7 Å². The second-order valence-electron chi connectivity index (χ2n) is 7.64. The van der Waals surface area contributed by atoms with Gasteiger partial charge < -0.3 is 19.9 Å². The fraction of sp³-hybridized carbons (Fsp3) is 0.348. The van der Waals surface area contributed by atoms with Crippen LogP contribution in [0.4, 0.5) is 4.39 Å². The lowest BCUT2D eigenvalue weighted by molar-refractivity contribution is -0.147. The third-order valence-corrected chi connectivity index (χ3v) is 5.41. The molecule has 9 nitrogen and oxygen atoms in total. The normalized spacial score (nSPS) is 16.6. The predicted molar refractivity (Wildman–Crippen MR) is 115 cm³/mol. The summed E-state index contributed by atoms with van der Waals surface area (Å²) in [5.41, 5.74) is 0.859. The molecule has 0 bridgehead atoms. The van der Waals surface area contributed by atoms with Crippen molar-refractivity contribution >= 4 is 23.7 Å². The zero-order valence-corrected chi connectivity index (χ0v) is 18.4. The van der Waals surface area contributed by atoms with Crippen LogP contribution >= 0.6 is 0 Å². The van der Waals surface area contributed by atoms with Gasteiger partial charge in [0.15, 0.2) is 0 Å². The molecular formula is C23H25FN4O5. The Kier molecular flexibility index (Phi) is 7.70. The minimum Gasteiger partial charge on any atom is -0.467 e. The van der Waals surface area contributed by atoms with E-state index in [1.807, 2.05) is 0 Å². The minimum atomic E-state index is -1.02. The summed E-state index contributed by atoms with van der Waals surface area (Å²) in [6, 6.07) is 6.71. The number of nitrogens with one attached hydrogen (secondary N) is 1. The van der Waals surface area contributed by atoms with Crippen molar-refractivity contribution in [2.45, 2.75) is 25.4 Å². The van der Waals surface area contributed by atoms with E-state index in [1.54, 1.807) is 24.5 Å². The van der Waals surface area contributed by atoms with E-state index in [2.05, 4.69) is 10.3 Å². The Morgan fingerprint density at radius 3 is 2.64 bits per heavy atom. The second kappa shape index (κ2) is 10.7. The van der Waals surface area contributed by atoms with E-state index in [1.165, 1.54) is 42.0 Å². The van der Waals surface area contributed by atoms with E-state index >= 15 is 0 Å². The maximum atomic E-state index is 13.6. The maximum Gasteiger partial charge on any atom is 0.328 e. The number of carbonyl (C=O) groups is 4. The first-order valence-electron chi connectivity index (χ1n) is 10.4. The smallest absolute Gasteiger partial charge is 0.328 e. The average Bonchev–Trinajstić information content (AvgIpc) is 2.82. The highest BCUT2D eigenvalue weighted by Gasteiger charge is 2.37. The van der Waals surface area contributed by atoms with Crippen LogP contribution in [0.15, 0.2) is 48.8 Å². The lowest BCUT2D eigenvalue weighted by Crippen LogP contribution is -2.62.